The zero-order valence-corrected chi connectivity index (χ0v) is 11.9. The quantitative estimate of drug-likeness (QED) is 0.601. The van der Waals surface area contributed by atoms with Gasteiger partial charge in [0, 0.05) is 0 Å². The largest absolute Gasteiger partial charge is 0.216 e. The maximum Gasteiger partial charge on any atom is 0.0872 e. The number of benzene rings is 1. The summed E-state index contributed by atoms with van der Waals surface area (Å²) in [5, 5.41) is 0. The van der Waals surface area contributed by atoms with Crippen molar-refractivity contribution in [2.45, 2.75) is 57.8 Å². The van der Waals surface area contributed by atoms with Crippen LogP contribution in [0.25, 0.3) is 6.08 Å². The minimum atomic E-state index is 0.605. The molecule has 0 saturated heterocycles. The molecule has 1 fully saturated rings. The van der Waals surface area contributed by atoms with Crippen molar-refractivity contribution in [1.29, 1.82) is 0 Å². The minimum absolute atomic E-state index is 0.605. The van der Waals surface area contributed by atoms with Gasteiger partial charge in [-0.2, -0.15) is 0 Å². The second kappa shape index (κ2) is 7.47. The van der Waals surface area contributed by atoms with Crippen molar-refractivity contribution in [2.24, 2.45) is 5.92 Å². The van der Waals surface area contributed by atoms with Crippen LogP contribution in [0.3, 0.4) is 0 Å². The van der Waals surface area contributed by atoms with Crippen molar-refractivity contribution >= 4 is 6.08 Å². The summed E-state index contributed by atoms with van der Waals surface area (Å²) in [6, 6.07) is 8.39. The van der Waals surface area contributed by atoms with Gasteiger partial charge in [-0.05, 0) is 54.7 Å². The normalized spacial score (nSPS) is 23.9. The van der Waals surface area contributed by atoms with Gasteiger partial charge in [0.25, 0.3) is 0 Å². The average Bonchev–Trinajstić information content (AvgIpc) is 2.47. The third kappa shape index (κ3) is 4.19. The van der Waals surface area contributed by atoms with Crippen molar-refractivity contribution in [3.05, 3.63) is 41.7 Å². The smallest absolute Gasteiger partial charge is 0.0872 e. The van der Waals surface area contributed by atoms with E-state index in [9.17, 15) is 4.39 Å². The standard InChI is InChI=1S/C18H25F/c1-2-3-4-15-5-9-17(10-6-15)18-11-7-16(8-12-18)13-14-19/h7-8,11-15,17H,2-6,9-10H2,1H3/b14-13+. The molecule has 1 aromatic carbocycles. The van der Waals surface area contributed by atoms with Gasteiger partial charge in [0.05, 0.1) is 6.33 Å². The molecule has 0 radical (unpaired) electrons. The SMILES string of the molecule is CCCCC1CCC(c2ccc(/C=C/F)cc2)CC1. The zero-order chi connectivity index (χ0) is 13.5. The molecule has 0 atom stereocenters. The average molecular weight is 260 g/mol. The van der Waals surface area contributed by atoms with E-state index < -0.39 is 0 Å². The first-order valence-corrected chi connectivity index (χ1v) is 7.70. The molecule has 0 amide bonds. The van der Waals surface area contributed by atoms with E-state index in [4.69, 9.17) is 0 Å². The molecule has 1 saturated carbocycles. The Morgan fingerprint density at radius 1 is 1.11 bits per heavy atom. The summed E-state index contributed by atoms with van der Waals surface area (Å²) >= 11 is 0. The summed E-state index contributed by atoms with van der Waals surface area (Å²) in [6.45, 7) is 2.28. The predicted molar refractivity (Wildman–Crippen MR) is 80.8 cm³/mol. The van der Waals surface area contributed by atoms with Crippen LogP contribution in [-0.2, 0) is 0 Å². The van der Waals surface area contributed by atoms with E-state index in [1.165, 1.54) is 56.6 Å². The molecular formula is C18H25F. The molecule has 0 heterocycles. The third-order valence-electron chi connectivity index (χ3n) is 4.48. The molecule has 1 heteroatoms. The molecule has 0 aromatic heterocycles. The van der Waals surface area contributed by atoms with E-state index in [0.29, 0.717) is 6.33 Å². The summed E-state index contributed by atoms with van der Waals surface area (Å²) in [6.07, 6.45) is 11.7. The zero-order valence-electron chi connectivity index (χ0n) is 11.9. The van der Waals surface area contributed by atoms with Gasteiger partial charge in [-0.25, -0.2) is 4.39 Å². The Bertz CT molecular complexity index is 383. The summed E-state index contributed by atoms with van der Waals surface area (Å²) in [7, 11) is 0. The van der Waals surface area contributed by atoms with Crippen LogP contribution < -0.4 is 0 Å². The molecule has 104 valence electrons. The topological polar surface area (TPSA) is 0 Å². The maximum absolute atomic E-state index is 12.1. The molecular weight excluding hydrogens is 235 g/mol. The van der Waals surface area contributed by atoms with Crippen LogP contribution in [0.15, 0.2) is 30.6 Å². The van der Waals surface area contributed by atoms with Crippen LogP contribution in [0, 0.1) is 5.92 Å². The lowest BCUT2D eigenvalue weighted by Gasteiger charge is -2.28. The third-order valence-corrected chi connectivity index (χ3v) is 4.48. The highest BCUT2D eigenvalue weighted by molar-refractivity contribution is 5.48. The lowest BCUT2D eigenvalue weighted by atomic mass is 9.77. The summed E-state index contributed by atoms with van der Waals surface area (Å²) in [5.41, 5.74) is 2.38. The van der Waals surface area contributed by atoms with E-state index >= 15 is 0 Å². The fraction of sp³-hybridized carbons (Fsp3) is 0.556. The van der Waals surface area contributed by atoms with Crippen LogP contribution in [-0.4, -0.2) is 0 Å². The molecule has 0 N–H and O–H groups in total. The number of hydrogen-bond donors (Lipinski definition) is 0. The lowest BCUT2D eigenvalue weighted by molar-refractivity contribution is 0.304. The van der Waals surface area contributed by atoms with Crippen molar-refractivity contribution in [2.75, 3.05) is 0 Å². The summed E-state index contributed by atoms with van der Waals surface area (Å²) in [4.78, 5) is 0. The van der Waals surface area contributed by atoms with Crippen LogP contribution in [0.2, 0.25) is 0 Å². The van der Waals surface area contributed by atoms with E-state index in [-0.39, 0.29) is 0 Å². The molecule has 19 heavy (non-hydrogen) atoms. The van der Waals surface area contributed by atoms with Gasteiger partial charge in [-0.3, -0.25) is 0 Å². The first kappa shape index (κ1) is 14.3. The van der Waals surface area contributed by atoms with Gasteiger partial charge in [0.2, 0.25) is 0 Å². The van der Waals surface area contributed by atoms with Crippen LogP contribution in [0.1, 0.15) is 68.9 Å². The van der Waals surface area contributed by atoms with E-state index in [2.05, 4.69) is 19.1 Å². The Kier molecular flexibility index (Phi) is 5.62. The number of rotatable bonds is 5. The Balaban J connectivity index is 1.87. The van der Waals surface area contributed by atoms with Gasteiger partial charge in [-0.1, -0.05) is 50.5 Å². The Morgan fingerprint density at radius 3 is 2.37 bits per heavy atom. The fourth-order valence-corrected chi connectivity index (χ4v) is 3.23. The summed E-state index contributed by atoms with van der Waals surface area (Å²) in [5.74, 6) is 1.69. The number of halogens is 1. The lowest BCUT2D eigenvalue weighted by Crippen LogP contribution is -2.13. The highest BCUT2D eigenvalue weighted by atomic mass is 19.1. The maximum atomic E-state index is 12.1. The monoisotopic (exact) mass is 260 g/mol. The van der Waals surface area contributed by atoms with Crippen LogP contribution in [0.5, 0.6) is 0 Å². The molecule has 0 unspecified atom stereocenters. The van der Waals surface area contributed by atoms with E-state index in [1.807, 2.05) is 12.1 Å². The van der Waals surface area contributed by atoms with Crippen molar-refractivity contribution < 1.29 is 4.39 Å². The molecule has 0 bridgehead atoms. The summed E-state index contributed by atoms with van der Waals surface area (Å²) < 4.78 is 12.1. The van der Waals surface area contributed by atoms with Gasteiger partial charge in [0.15, 0.2) is 0 Å². The Hall–Kier alpha value is -1.11. The molecule has 2 rings (SSSR count). The molecule has 1 aliphatic rings. The predicted octanol–water partition coefficient (Wildman–Crippen LogP) is 6.09. The fourth-order valence-electron chi connectivity index (χ4n) is 3.23. The van der Waals surface area contributed by atoms with Gasteiger partial charge in [0.1, 0.15) is 0 Å². The van der Waals surface area contributed by atoms with Crippen LogP contribution in [0.4, 0.5) is 4.39 Å². The highest BCUT2D eigenvalue weighted by Gasteiger charge is 2.21. The van der Waals surface area contributed by atoms with Crippen molar-refractivity contribution in [1.82, 2.24) is 0 Å². The van der Waals surface area contributed by atoms with E-state index in [1.54, 1.807) is 0 Å². The van der Waals surface area contributed by atoms with Crippen LogP contribution >= 0.6 is 0 Å². The first-order valence-electron chi connectivity index (χ1n) is 7.70. The molecule has 1 aromatic rings. The van der Waals surface area contributed by atoms with Gasteiger partial charge < -0.3 is 0 Å². The highest BCUT2D eigenvalue weighted by Crippen LogP contribution is 2.37. The van der Waals surface area contributed by atoms with Crippen molar-refractivity contribution in [3.63, 3.8) is 0 Å². The second-order valence-corrected chi connectivity index (χ2v) is 5.82. The van der Waals surface area contributed by atoms with Gasteiger partial charge >= 0.3 is 0 Å². The van der Waals surface area contributed by atoms with Gasteiger partial charge in [-0.15, -0.1) is 0 Å². The van der Waals surface area contributed by atoms with E-state index in [0.717, 1.165) is 17.4 Å². The molecule has 0 spiro atoms. The van der Waals surface area contributed by atoms with Crippen molar-refractivity contribution in [3.8, 4) is 0 Å². The number of unbranched alkanes of at least 4 members (excludes halogenated alkanes) is 1. The molecule has 0 nitrogen and oxygen atoms in total. The minimum Gasteiger partial charge on any atom is -0.216 e. The number of hydrogen-bond acceptors (Lipinski definition) is 0. The Morgan fingerprint density at radius 2 is 1.79 bits per heavy atom. The molecule has 0 aliphatic heterocycles. The molecule has 1 aliphatic carbocycles. The first-order chi connectivity index (χ1) is 9.33. The Labute approximate surface area is 116 Å². The second-order valence-electron chi connectivity index (χ2n) is 5.82.